The molecule has 0 unspecified atom stereocenters. The minimum absolute atomic E-state index is 1.09. The summed E-state index contributed by atoms with van der Waals surface area (Å²) in [5.74, 6) is 0. The summed E-state index contributed by atoms with van der Waals surface area (Å²) in [6, 6.07) is 8.37. The predicted molar refractivity (Wildman–Crippen MR) is 59.9 cm³/mol. The topological polar surface area (TPSA) is 12.0 Å². The summed E-state index contributed by atoms with van der Waals surface area (Å²) < 4.78 is 0. The van der Waals surface area contributed by atoms with E-state index in [-0.39, 0.29) is 0 Å². The lowest BCUT2D eigenvalue weighted by Gasteiger charge is -2.08. The molecule has 0 spiro atoms. The second-order valence-electron chi connectivity index (χ2n) is 3.09. The number of hydrogen-bond acceptors (Lipinski definition) is 1. The van der Waals surface area contributed by atoms with Gasteiger partial charge in [-0.2, -0.15) is 0 Å². The highest BCUT2D eigenvalue weighted by molar-refractivity contribution is 5.74. The second-order valence-corrected chi connectivity index (χ2v) is 3.09. The van der Waals surface area contributed by atoms with E-state index in [0.29, 0.717) is 0 Å². The summed E-state index contributed by atoms with van der Waals surface area (Å²) in [7, 11) is 1.96. The van der Waals surface area contributed by atoms with Gasteiger partial charge in [0.15, 0.2) is 0 Å². The molecule has 0 aliphatic carbocycles. The summed E-state index contributed by atoms with van der Waals surface area (Å²) in [4.78, 5) is 0. The zero-order valence-electron chi connectivity index (χ0n) is 8.59. The molecule has 1 aromatic carbocycles. The number of hydrogen-bond donors (Lipinski definition) is 1. The van der Waals surface area contributed by atoms with E-state index in [1.54, 1.807) is 0 Å². The highest BCUT2D eigenvalue weighted by atomic mass is 14.8. The average Bonchev–Trinajstić information content (AvgIpc) is 2.18. The zero-order valence-corrected chi connectivity index (χ0v) is 8.59. The second kappa shape index (κ2) is 4.70. The Morgan fingerprint density at radius 3 is 2.69 bits per heavy atom. The Labute approximate surface area is 80.5 Å². The SMILES string of the molecule is CC/C=C(\C)c1ccccc1NC. The van der Waals surface area contributed by atoms with Crippen LogP contribution in [0.3, 0.4) is 0 Å². The van der Waals surface area contributed by atoms with Gasteiger partial charge in [0, 0.05) is 18.3 Å². The largest absolute Gasteiger partial charge is 0.388 e. The van der Waals surface area contributed by atoms with Crippen molar-refractivity contribution >= 4 is 11.3 Å². The minimum atomic E-state index is 1.09. The van der Waals surface area contributed by atoms with E-state index in [9.17, 15) is 0 Å². The molecular formula is C12H17N. The van der Waals surface area contributed by atoms with Crippen molar-refractivity contribution in [2.45, 2.75) is 20.3 Å². The third-order valence-electron chi connectivity index (χ3n) is 2.13. The molecule has 0 bridgehead atoms. The van der Waals surface area contributed by atoms with E-state index < -0.39 is 0 Å². The van der Waals surface area contributed by atoms with E-state index in [1.165, 1.54) is 16.8 Å². The molecule has 1 heteroatoms. The number of allylic oxidation sites excluding steroid dienone is 2. The molecule has 0 amide bonds. The van der Waals surface area contributed by atoms with Crippen LogP contribution in [-0.2, 0) is 0 Å². The Hall–Kier alpha value is -1.24. The quantitative estimate of drug-likeness (QED) is 0.741. The van der Waals surface area contributed by atoms with Crippen molar-refractivity contribution in [3.63, 3.8) is 0 Å². The first kappa shape index (κ1) is 9.85. The van der Waals surface area contributed by atoms with Crippen LogP contribution in [0, 0.1) is 0 Å². The number of benzene rings is 1. The van der Waals surface area contributed by atoms with Crippen LogP contribution in [0.25, 0.3) is 5.57 Å². The molecule has 0 heterocycles. The van der Waals surface area contributed by atoms with Gasteiger partial charge in [-0.05, 0) is 25.0 Å². The lowest BCUT2D eigenvalue weighted by Crippen LogP contribution is -1.92. The van der Waals surface area contributed by atoms with Crippen LogP contribution >= 0.6 is 0 Å². The predicted octanol–water partition coefficient (Wildman–Crippen LogP) is 3.54. The fraction of sp³-hybridized carbons (Fsp3) is 0.333. The molecule has 0 atom stereocenters. The standard InChI is InChI=1S/C12H17N/c1-4-7-10(2)11-8-5-6-9-12(11)13-3/h5-9,13H,4H2,1-3H3/b10-7+. The Bertz CT molecular complexity index is 300. The van der Waals surface area contributed by atoms with Crippen molar-refractivity contribution in [2.24, 2.45) is 0 Å². The number of para-hydroxylation sites is 1. The molecule has 0 radical (unpaired) electrons. The molecule has 1 rings (SSSR count). The van der Waals surface area contributed by atoms with Gasteiger partial charge in [0.1, 0.15) is 0 Å². The van der Waals surface area contributed by atoms with Gasteiger partial charge in [0.2, 0.25) is 0 Å². The molecule has 1 nitrogen and oxygen atoms in total. The van der Waals surface area contributed by atoms with Crippen molar-refractivity contribution in [2.75, 3.05) is 12.4 Å². The highest BCUT2D eigenvalue weighted by Crippen LogP contribution is 2.22. The van der Waals surface area contributed by atoms with Crippen LogP contribution in [0.2, 0.25) is 0 Å². The first-order valence-electron chi connectivity index (χ1n) is 4.73. The molecule has 0 aliphatic heterocycles. The molecule has 13 heavy (non-hydrogen) atoms. The van der Waals surface area contributed by atoms with Gasteiger partial charge in [0.25, 0.3) is 0 Å². The smallest absolute Gasteiger partial charge is 0.0413 e. The third-order valence-corrected chi connectivity index (χ3v) is 2.13. The van der Waals surface area contributed by atoms with Crippen molar-refractivity contribution in [3.05, 3.63) is 35.9 Å². The van der Waals surface area contributed by atoms with Crippen molar-refractivity contribution < 1.29 is 0 Å². The zero-order chi connectivity index (χ0) is 9.68. The lowest BCUT2D eigenvalue weighted by molar-refractivity contribution is 1.22. The van der Waals surface area contributed by atoms with Gasteiger partial charge >= 0.3 is 0 Å². The maximum absolute atomic E-state index is 3.19. The molecule has 1 N–H and O–H groups in total. The maximum Gasteiger partial charge on any atom is 0.0413 e. The highest BCUT2D eigenvalue weighted by Gasteiger charge is 1.99. The van der Waals surface area contributed by atoms with Gasteiger partial charge in [-0.1, -0.05) is 31.2 Å². The minimum Gasteiger partial charge on any atom is -0.388 e. The fourth-order valence-electron chi connectivity index (χ4n) is 1.46. The van der Waals surface area contributed by atoms with E-state index in [4.69, 9.17) is 0 Å². The van der Waals surface area contributed by atoms with Crippen LogP contribution in [0.4, 0.5) is 5.69 Å². The first-order chi connectivity index (χ1) is 6.29. The van der Waals surface area contributed by atoms with Crippen LogP contribution in [0.5, 0.6) is 0 Å². The molecular weight excluding hydrogens is 158 g/mol. The van der Waals surface area contributed by atoms with Crippen LogP contribution in [-0.4, -0.2) is 7.05 Å². The summed E-state index contributed by atoms with van der Waals surface area (Å²) in [6.07, 6.45) is 3.33. The Balaban J connectivity index is 3.05. The van der Waals surface area contributed by atoms with Crippen LogP contribution in [0.15, 0.2) is 30.3 Å². The van der Waals surface area contributed by atoms with Gasteiger partial charge < -0.3 is 5.32 Å². The fourth-order valence-corrected chi connectivity index (χ4v) is 1.46. The van der Waals surface area contributed by atoms with E-state index in [2.05, 4.69) is 49.5 Å². The molecule has 0 saturated heterocycles. The van der Waals surface area contributed by atoms with E-state index >= 15 is 0 Å². The monoisotopic (exact) mass is 175 g/mol. The number of nitrogens with one attached hydrogen (secondary N) is 1. The summed E-state index contributed by atoms with van der Waals surface area (Å²) in [5.41, 5.74) is 3.84. The van der Waals surface area contributed by atoms with E-state index in [1.807, 2.05) is 7.05 Å². The summed E-state index contributed by atoms with van der Waals surface area (Å²) in [6.45, 7) is 4.31. The normalized spacial score (nSPS) is 11.5. The molecule has 1 aromatic rings. The van der Waals surface area contributed by atoms with Gasteiger partial charge in [-0.25, -0.2) is 0 Å². The molecule has 0 saturated carbocycles. The molecule has 0 fully saturated rings. The van der Waals surface area contributed by atoms with Crippen LogP contribution in [0.1, 0.15) is 25.8 Å². The van der Waals surface area contributed by atoms with Crippen molar-refractivity contribution in [1.82, 2.24) is 0 Å². The Kier molecular flexibility index (Phi) is 3.56. The van der Waals surface area contributed by atoms with Gasteiger partial charge in [0.05, 0.1) is 0 Å². The van der Waals surface area contributed by atoms with Crippen LogP contribution < -0.4 is 5.32 Å². The van der Waals surface area contributed by atoms with Crippen molar-refractivity contribution in [3.8, 4) is 0 Å². The number of rotatable bonds is 3. The lowest BCUT2D eigenvalue weighted by atomic mass is 10.0. The summed E-state index contributed by atoms with van der Waals surface area (Å²) in [5, 5.41) is 3.19. The Morgan fingerprint density at radius 2 is 2.08 bits per heavy atom. The Morgan fingerprint density at radius 1 is 1.38 bits per heavy atom. The average molecular weight is 175 g/mol. The first-order valence-corrected chi connectivity index (χ1v) is 4.73. The summed E-state index contributed by atoms with van der Waals surface area (Å²) >= 11 is 0. The number of anilines is 1. The molecule has 0 aromatic heterocycles. The van der Waals surface area contributed by atoms with Gasteiger partial charge in [-0.15, -0.1) is 0 Å². The van der Waals surface area contributed by atoms with Gasteiger partial charge in [-0.3, -0.25) is 0 Å². The molecule has 0 aliphatic rings. The van der Waals surface area contributed by atoms with E-state index in [0.717, 1.165) is 6.42 Å². The maximum atomic E-state index is 3.19. The van der Waals surface area contributed by atoms with Crippen molar-refractivity contribution in [1.29, 1.82) is 0 Å². The molecule has 70 valence electrons. The third kappa shape index (κ3) is 2.35.